The molecule has 0 unspecified atom stereocenters. The Morgan fingerprint density at radius 3 is 2.12 bits per heavy atom. The Labute approximate surface area is 104 Å². The van der Waals surface area contributed by atoms with Crippen LogP contribution in [0.1, 0.15) is 48.0 Å². The van der Waals surface area contributed by atoms with E-state index in [1.807, 2.05) is 0 Å². The number of hydrogen-bond donors (Lipinski definition) is 0. The molecule has 2 heterocycles. The molecule has 0 bridgehead atoms. The van der Waals surface area contributed by atoms with Crippen LogP contribution in [0.5, 0.6) is 0 Å². The van der Waals surface area contributed by atoms with Crippen LogP contribution < -0.4 is 0 Å². The zero-order valence-corrected chi connectivity index (χ0v) is 12.0. The summed E-state index contributed by atoms with van der Waals surface area (Å²) in [5, 5.41) is 1.34. The Morgan fingerprint density at radius 1 is 1.00 bits per heavy atom. The van der Waals surface area contributed by atoms with Crippen molar-refractivity contribution in [3.8, 4) is 0 Å². The average Bonchev–Trinajstić information content (AvgIpc) is 2.48. The fraction of sp³-hybridized carbons (Fsp3) is 0.533. The van der Waals surface area contributed by atoms with Crippen LogP contribution in [0.25, 0.3) is 10.9 Å². The monoisotopic (exact) mass is 230 g/mol. The molecule has 0 fully saturated rings. The molecule has 2 nitrogen and oxygen atoms in total. The largest absolute Gasteiger partial charge is 0.347 e. The second-order valence-electron chi connectivity index (χ2n) is 5.36. The molecule has 17 heavy (non-hydrogen) atoms. The van der Waals surface area contributed by atoms with Crippen LogP contribution in [0.15, 0.2) is 0 Å². The highest BCUT2D eigenvalue weighted by molar-refractivity contribution is 5.90. The van der Waals surface area contributed by atoms with Gasteiger partial charge in [0.1, 0.15) is 0 Å². The van der Waals surface area contributed by atoms with E-state index < -0.39 is 0 Å². The Balaban J connectivity index is 2.99. The van der Waals surface area contributed by atoms with Crippen LogP contribution in [-0.2, 0) is 7.05 Å². The molecule has 0 aliphatic heterocycles. The van der Waals surface area contributed by atoms with Gasteiger partial charge in [0.2, 0.25) is 0 Å². The minimum absolute atomic E-state index is 0.480. The van der Waals surface area contributed by atoms with Crippen LogP contribution in [0, 0.1) is 27.7 Å². The van der Waals surface area contributed by atoms with E-state index in [1.54, 1.807) is 0 Å². The van der Waals surface area contributed by atoms with Crippen LogP contribution >= 0.6 is 0 Å². The number of nitrogens with zero attached hydrogens (tertiary/aromatic N) is 2. The van der Waals surface area contributed by atoms with E-state index in [-0.39, 0.29) is 0 Å². The standard InChI is InChI=1S/C15H22N2/c1-8(2)14-10(4)15-13(11(5)16-14)9(3)12(6)17(15)7/h8H,1-7H3. The molecule has 0 atom stereocenters. The number of rotatable bonds is 1. The Kier molecular flexibility index (Phi) is 2.76. The molecule has 0 saturated carbocycles. The van der Waals surface area contributed by atoms with Crippen molar-refractivity contribution in [2.45, 2.75) is 47.5 Å². The van der Waals surface area contributed by atoms with Crippen molar-refractivity contribution in [2.24, 2.45) is 7.05 Å². The lowest BCUT2D eigenvalue weighted by atomic mass is 10.0. The van der Waals surface area contributed by atoms with Gasteiger partial charge in [0, 0.05) is 29.5 Å². The average molecular weight is 230 g/mol. The molecular weight excluding hydrogens is 208 g/mol. The molecule has 2 aromatic rings. The smallest absolute Gasteiger partial charge is 0.0549 e. The van der Waals surface area contributed by atoms with Crippen molar-refractivity contribution in [3.05, 3.63) is 28.2 Å². The highest BCUT2D eigenvalue weighted by Crippen LogP contribution is 2.32. The molecule has 2 rings (SSSR count). The van der Waals surface area contributed by atoms with Crippen molar-refractivity contribution >= 4 is 10.9 Å². The van der Waals surface area contributed by atoms with Gasteiger partial charge in [-0.25, -0.2) is 0 Å². The van der Waals surface area contributed by atoms with E-state index in [9.17, 15) is 0 Å². The quantitative estimate of drug-likeness (QED) is 0.725. The molecule has 0 aliphatic rings. The molecule has 0 saturated heterocycles. The number of aromatic nitrogens is 2. The number of pyridine rings is 1. The maximum atomic E-state index is 4.80. The second kappa shape index (κ2) is 3.86. The lowest BCUT2D eigenvalue weighted by molar-refractivity contribution is 0.804. The third kappa shape index (κ3) is 1.58. The van der Waals surface area contributed by atoms with Crippen LogP contribution in [0.2, 0.25) is 0 Å². The van der Waals surface area contributed by atoms with Gasteiger partial charge in [-0.1, -0.05) is 13.8 Å². The topological polar surface area (TPSA) is 17.8 Å². The predicted molar refractivity (Wildman–Crippen MR) is 73.8 cm³/mol. The van der Waals surface area contributed by atoms with E-state index in [4.69, 9.17) is 4.98 Å². The van der Waals surface area contributed by atoms with Crippen LogP contribution in [0.3, 0.4) is 0 Å². The molecule has 0 aromatic carbocycles. The van der Waals surface area contributed by atoms with Crippen LogP contribution in [0.4, 0.5) is 0 Å². The molecule has 0 N–H and O–H groups in total. The highest BCUT2D eigenvalue weighted by atomic mass is 15.0. The summed E-state index contributed by atoms with van der Waals surface area (Å²) in [5.41, 5.74) is 7.79. The lowest BCUT2D eigenvalue weighted by Crippen LogP contribution is -2.02. The van der Waals surface area contributed by atoms with E-state index in [1.165, 1.54) is 33.4 Å². The van der Waals surface area contributed by atoms with E-state index in [2.05, 4.69) is 53.2 Å². The first kappa shape index (κ1) is 12.2. The van der Waals surface area contributed by atoms with Gasteiger partial charge in [0.15, 0.2) is 0 Å². The minimum Gasteiger partial charge on any atom is -0.347 e. The summed E-state index contributed by atoms with van der Waals surface area (Å²) < 4.78 is 2.31. The zero-order valence-electron chi connectivity index (χ0n) is 12.0. The summed E-state index contributed by atoms with van der Waals surface area (Å²) in [4.78, 5) is 4.80. The van der Waals surface area contributed by atoms with Crippen molar-refractivity contribution in [3.63, 3.8) is 0 Å². The minimum atomic E-state index is 0.480. The fourth-order valence-corrected chi connectivity index (χ4v) is 2.83. The van der Waals surface area contributed by atoms with Gasteiger partial charge in [-0.2, -0.15) is 0 Å². The molecule has 0 aliphatic carbocycles. The molecule has 0 radical (unpaired) electrons. The summed E-state index contributed by atoms with van der Waals surface area (Å²) in [7, 11) is 2.15. The van der Waals surface area contributed by atoms with Gasteiger partial charge in [-0.15, -0.1) is 0 Å². The van der Waals surface area contributed by atoms with Crippen molar-refractivity contribution < 1.29 is 0 Å². The summed E-state index contributed by atoms with van der Waals surface area (Å²) in [6.45, 7) is 13.1. The first-order valence-corrected chi connectivity index (χ1v) is 6.29. The third-order valence-corrected chi connectivity index (χ3v) is 3.93. The predicted octanol–water partition coefficient (Wildman–Crippen LogP) is 3.93. The van der Waals surface area contributed by atoms with Gasteiger partial charge in [0.25, 0.3) is 0 Å². The molecule has 0 spiro atoms. The highest BCUT2D eigenvalue weighted by Gasteiger charge is 2.17. The third-order valence-electron chi connectivity index (χ3n) is 3.93. The van der Waals surface area contributed by atoms with E-state index in [0.717, 1.165) is 5.69 Å². The molecule has 2 aromatic heterocycles. The van der Waals surface area contributed by atoms with E-state index in [0.29, 0.717) is 5.92 Å². The lowest BCUT2D eigenvalue weighted by Gasteiger charge is -2.13. The number of aryl methyl sites for hydroxylation is 4. The maximum absolute atomic E-state index is 4.80. The van der Waals surface area contributed by atoms with Gasteiger partial charge in [-0.05, 0) is 44.7 Å². The summed E-state index contributed by atoms with van der Waals surface area (Å²) in [6.07, 6.45) is 0. The Bertz CT molecular complexity index is 589. The first-order chi connectivity index (χ1) is 7.86. The zero-order chi connectivity index (χ0) is 12.9. The van der Waals surface area contributed by atoms with Gasteiger partial charge >= 0.3 is 0 Å². The van der Waals surface area contributed by atoms with Crippen molar-refractivity contribution in [1.29, 1.82) is 0 Å². The second-order valence-corrected chi connectivity index (χ2v) is 5.36. The van der Waals surface area contributed by atoms with Gasteiger partial charge in [-0.3, -0.25) is 4.98 Å². The SMILES string of the molecule is Cc1nc(C(C)C)c(C)c2c1c(C)c(C)n2C. The normalized spacial score (nSPS) is 11.8. The molecule has 92 valence electrons. The van der Waals surface area contributed by atoms with Crippen molar-refractivity contribution in [2.75, 3.05) is 0 Å². The maximum Gasteiger partial charge on any atom is 0.0549 e. The van der Waals surface area contributed by atoms with Crippen molar-refractivity contribution in [1.82, 2.24) is 9.55 Å². The summed E-state index contributed by atoms with van der Waals surface area (Å²) in [6, 6.07) is 0. The molecule has 2 heteroatoms. The first-order valence-electron chi connectivity index (χ1n) is 6.29. The van der Waals surface area contributed by atoms with Gasteiger partial charge in [0.05, 0.1) is 5.52 Å². The molecular formula is C15H22N2. The van der Waals surface area contributed by atoms with Crippen LogP contribution in [-0.4, -0.2) is 9.55 Å². The number of fused-ring (bicyclic) bond motifs is 1. The summed E-state index contributed by atoms with van der Waals surface area (Å²) in [5.74, 6) is 0.480. The molecule has 0 amide bonds. The van der Waals surface area contributed by atoms with E-state index >= 15 is 0 Å². The summed E-state index contributed by atoms with van der Waals surface area (Å²) >= 11 is 0. The number of hydrogen-bond acceptors (Lipinski definition) is 1. The Hall–Kier alpha value is -1.31. The fourth-order valence-electron chi connectivity index (χ4n) is 2.83. The Morgan fingerprint density at radius 2 is 1.59 bits per heavy atom. The van der Waals surface area contributed by atoms with Gasteiger partial charge < -0.3 is 4.57 Å².